The van der Waals surface area contributed by atoms with E-state index in [-0.39, 0.29) is 12.5 Å². The molecule has 0 aromatic rings. The normalized spacial score (nSPS) is 40.1. The van der Waals surface area contributed by atoms with Gasteiger partial charge in [0.05, 0.1) is 12.7 Å². The van der Waals surface area contributed by atoms with Gasteiger partial charge in [0.15, 0.2) is 18.7 Å². The molecule has 13 nitrogen and oxygen atoms in total. The van der Waals surface area contributed by atoms with Gasteiger partial charge in [-0.25, -0.2) is 0 Å². The lowest BCUT2D eigenvalue weighted by Gasteiger charge is -2.46. The second kappa shape index (κ2) is 18.5. The predicted octanol–water partition coefficient (Wildman–Crippen LogP) is 1.22. The van der Waals surface area contributed by atoms with Crippen LogP contribution in [0.15, 0.2) is 0 Å². The number of rotatable bonds is 3. The summed E-state index contributed by atoms with van der Waals surface area (Å²) in [4.78, 5) is 24.2. The molecule has 0 amide bonds. The molecule has 2 bridgehead atoms. The monoisotopic (exact) mass is 620 g/mol. The Morgan fingerprint density at radius 1 is 0.721 bits per heavy atom. The molecule has 4 rings (SSSR count). The quantitative estimate of drug-likeness (QED) is 0.283. The molecule has 250 valence electrons. The summed E-state index contributed by atoms with van der Waals surface area (Å²) in [5.41, 5.74) is 0. The second-order valence-corrected chi connectivity index (χ2v) is 12.0. The summed E-state index contributed by atoms with van der Waals surface area (Å²) in [6.07, 6.45) is -2.76. The largest absolute Gasteiger partial charge is 0.463 e. The summed E-state index contributed by atoms with van der Waals surface area (Å²) < 4.78 is 34.1. The van der Waals surface area contributed by atoms with Gasteiger partial charge in [0.2, 0.25) is 0 Å². The third kappa shape index (κ3) is 11.2. The van der Waals surface area contributed by atoms with E-state index in [2.05, 4.69) is 0 Å². The van der Waals surface area contributed by atoms with Crippen LogP contribution in [0.25, 0.3) is 0 Å². The minimum Gasteiger partial charge on any atom is -0.463 e. The minimum absolute atomic E-state index is 0.117. The number of hydrogen-bond donors (Lipinski definition) is 5. The van der Waals surface area contributed by atoms with Crippen LogP contribution in [0.3, 0.4) is 0 Å². The molecule has 4 heterocycles. The lowest BCUT2D eigenvalue weighted by atomic mass is 9.97. The zero-order valence-electron chi connectivity index (χ0n) is 25.5. The van der Waals surface area contributed by atoms with Crippen LogP contribution in [0.2, 0.25) is 0 Å². The van der Waals surface area contributed by atoms with Crippen LogP contribution in [0, 0.1) is 0 Å². The van der Waals surface area contributed by atoms with Crippen LogP contribution in [0.1, 0.15) is 97.3 Å². The van der Waals surface area contributed by atoms with Crippen molar-refractivity contribution in [1.82, 2.24) is 0 Å². The van der Waals surface area contributed by atoms with Crippen molar-refractivity contribution < 1.29 is 63.5 Å². The average Bonchev–Trinajstić information content (AvgIpc) is 2.97. The van der Waals surface area contributed by atoms with Crippen molar-refractivity contribution in [2.75, 3.05) is 13.2 Å². The summed E-state index contributed by atoms with van der Waals surface area (Å²) >= 11 is 0. The molecule has 13 heteroatoms. The van der Waals surface area contributed by atoms with E-state index in [0.29, 0.717) is 12.8 Å². The molecule has 4 aliphatic rings. The molecule has 11 atom stereocenters. The maximum absolute atomic E-state index is 12.6. The highest BCUT2D eigenvalue weighted by atomic mass is 16.8. The van der Waals surface area contributed by atoms with Crippen molar-refractivity contribution in [1.29, 1.82) is 0 Å². The number of carbonyl (C=O) groups is 2. The molecule has 4 fully saturated rings. The molecule has 0 aliphatic carbocycles. The van der Waals surface area contributed by atoms with Crippen LogP contribution in [-0.4, -0.2) is 118 Å². The van der Waals surface area contributed by atoms with Gasteiger partial charge in [0, 0.05) is 13.3 Å². The van der Waals surface area contributed by atoms with Crippen molar-refractivity contribution in [3.05, 3.63) is 0 Å². The van der Waals surface area contributed by atoms with Gasteiger partial charge in [-0.15, -0.1) is 0 Å². The third-order valence-electron chi connectivity index (χ3n) is 8.33. The van der Waals surface area contributed by atoms with E-state index in [1.54, 1.807) is 0 Å². The van der Waals surface area contributed by atoms with Crippen LogP contribution in [0.4, 0.5) is 0 Å². The molecule has 4 aliphatic heterocycles. The Hall–Kier alpha value is -1.42. The van der Waals surface area contributed by atoms with E-state index in [1.165, 1.54) is 26.2 Å². The number of carbonyl (C=O) groups excluding carboxylic acids is 2. The summed E-state index contributed by atoms with van der Waals surface area (Å²) in [7, 11) is 0. The maximum atomic E-state index is 12.6. The fourth-order valence-electron chi connectivity index (χ4n) is 5.76. The SMILES string of the molecule is CC(=O)OC[C@H]1O[C@H]2O[C@H]3[C@H](OC(C)CCCCCCCCCCCCCC(=O)O[C@H]1[C@H](O)[C@H]2O)O[C@H](CO)[C@@H](O)[C@@H]3O. The Morgan fingerprint density at radius 3 is 1.88 bits per heavy atom. The molecule has 0 spiro atoms. The highest BCUT2D eigenvalue weighted by Gasteiger charge is 2.52. The first-order chi connectivity index (χ1) is 20.6. The first-order valence-corrected chi connectivity index (χ1v) is 15.9. The molecule has 5 N–H and O–H groups in total. The van der Waals surface area contributed by atoms with Gasteiger partial charge < -0.3 is 54.0 Å². The van der Waals surface area contributed by atoms with Crippen molar-refractivity contribution >= 4 is 11.9 Å². The molecular weight excluding hydrogens is 568 g/mol. The summed E-state index contributed by atoms with van der Waals surface area (Å²) in [6.45, 7) is 2.04. The predicted molar refractivity (Wildman–Crippen MR) is 150 cm³/mol. The van der Waals surface area contributed by atoms with Crippen molar-refractivity contribution in [2.24, 2.45) is 0 Å². The smallest absolute Gasteiger partial charge is 0.306 e. The molecule has 0 aromatic carbocycles. The number of aliphatic hydroxyl groups is 5. The van der Waals surface area contributed by atoms with Crippen LogP contribution in [0.5, 0.6) is 0 Å². The lowest BCUT2D eigenvalue weighted by molar-refractivity contribution is -0.371. The molecular formula is C30H52O13. The molecule has 0 radical (unpaired) electrons. The minimum atomic E-state index is -1.75. The highest BCUT2D eigenvalue weighted by molar-refractivity contribution is 5.69. The van der Waals surface area contributed by atoms with Crippen molar-refractivity contribution in [3.8, 4) is 0 Å². The summed E-state index contributed by atoms with van der Waals surface area (Å²) in [5.74, 6) is -1.22. The van der Waals surface area contributed by atoms with E-state index < -0.39 is 86.6 Å². The number of aliphatic hydroxyl groups excluding tert-OH is 5. The van der Waals surface area contributed by atoms with Gasteiger partial charge in [-0.3, -0.25) is 9.59 Å². The van der Waals surface area contributed by atoms with Gasteiger partial charge in [-0.05, 0) is 19.8 Å². The van der Waals surface area contributed by atoms with E-state index in [1.807, 2.05) is 6.92 Å². The highest BCUT2D eigenvalue weighted by Crippen LogP contribution is 2.32. The zero-order chi connectivity index (χ0) is 31.4. The molecule has 0 aromatic heterocycles. The maximum Gasteiger partial charge on any atom is 0.306 e. The fraction of sp³-hybridized carbons (Fsp3) is 0.933. The van der Waals surface area contributed by atoms with E-state index in [0.717, 1.165) is 44.9 Å². The first kappa shape index (κ1) is 36.1. The lowest BCUT2D eigenvalue weighted by Crippen LogP contribution is -2.65. The molecule has 0 saturated carbocycles. The Kier molecular flexibility index (Phi) is 15.5. The van der Waals surface area contributed by atoms with Crippen LogP contribution >= 0.6 is 0 Å². The fourth-order valence-corrected chi connectivity index (χ4v) is 5.76. The zero-order valence-corrected chi connectivity index (χ0v) is 25.5. The Morgan fingerprint density at radius 2 is 1.28 bits per heavy atom. The Bertz CT molecular complexity index is 828. The summed E-state index contributed by atoms with van der Waals surface area (Å²) in [6, 6.07) is 0. The standard InChI is InChI=1S/C30H52O13/c1-18-14-12-10-8-6-4-3-5-7-9-11-13-15-22(33)42-27-21(17-38-19(2)32)41-29(26(37)25(27)36)43-28-24(35)23(34)20(16-31)40-30(28)39-18/h18,20-21,23-31,34-37H,3-17H2,1-2H3/t18?,20-,21-,23-,24+,25-,26-,27-,28-,29+,30-/m1/s1. The van der Waals surface area contributed by atoms with Crippen LogP contribution in [-0.2, 0) is 38.0 Å². The van der Waals surface area contributed by atoms with E-state index >= 15 is 0 Å². The molecule has 1 unspecified atom stereocenters. The van der Waals surface area contributed by atoms with Crippen LogP contribution < -0.4 is 0 Å². The topological polar surface area (TPSA) is 191 Å². The first-order valence-electron chi connectivity index (χ1n) is 15.9. The number of fused-ring (bicyclic) bond motifs is 18. The van der Waals surface area contributed by atoms with Gasteiger partial charge in [0.25, 0.3) is 0 Å². The Balaban J connectivity index is 1.79. The van der Waals surface area contributed by atoms with Gasteiger partial charge in [-0.1, -0.05) is 64.2 Å². The number of esters is 2. The third-order valence-corrected chi connectivity index (χ3v) is 8.33. The van der Waals surface area contributed by atoms with Gasteiger partial charge in [-0.2, -0.15) is 0 Å². The van der Waals surface area contributed by atoms with Crippen molar-refractivity contribution in [3.63, 3.8) is 0 Å². The Labute approximate surface area is 253 Å². The molecule has 4 saturated heterocycles. The van der Waals surface area contributed by atoms with E-state index in [4.69, 9.17) is 28.4 Å². The average molecular weight is 621 g/mol. The number of hydrogen-bond acceptors (Lipinski definition) is 13. The van der Waals surface area contributed by atoms with Gasteiger partial charge >= 0.3 is 11.9 Å². The summed E-state index contributed by atoms with van der Waals surface area (Å²) in [5, 5.41) is 53.1. The second-order valence-electron chi connectivity index (χ2n) is 12.0. The molecule has 43 heavy (non-hydrogen) atoms. The van der Waals surface area contributed by atoms with Gasteiger partial charge in [0.1, 0.15) is 49.3 Å². The van der Waals surface area contributed by atoms with E-state index in [9.17, 15) is 35.1 Å². The number of ether oxygens (including phenoxy) is 6. The van der Waals surface area contributed by atoms with Crippen molar-refractivity contribution in [2.45, 2.75) is 165 Å².